The molecule has 2 N–H and O–H groups in total. The van der Waals surface area contributed by atoms with Crippen LogP contribution in [0.25, 0.3) is 0 Å². The monoisotopic (exact) mass is 668 g/mol. The Hall–Kier alpha value is -2.89. The second-order valence-corrected chi connectivity index (χ2v) is 15.1. The highest BCUT2D eigenvalue weighted by molar-refractivity contribution is 9.10. The molecule has 42 heavy (non-hydrogen) atoms. The van der Waals surface area contributed by atoms with Crippen molar-refractivity contribution in [2.24, 2.45) is 35.5 Å². The van der Waals surface area contributed by atoms with Gasteiger partial charge in [-0.3, -0.25) is 19.3 Å². The number of aromatic nitrogens is 1. The number of H-pyrrole nitrogens is 1. The fourth-order valence-corrected chi connectivity index (χ4v) is 11.2. The number of benzene rings is 2. The molecular weight excluding hydrogens is 640 g/mol. The number of nitrogens with zero attached hydrogens (tertiary/aromatic N) is 1. The standard InChI is InChI=1S/C31H29BrN2O6S2/c1-13(2)24(30(37)38)34-28(35)22-17-11-18(23(22)29(34)36)25-21(17)20(26-27(41-25)33-31(39)42-26)16-10-15(32)8-9-19(16)40-12-14-6-4-3-5-7-14/h3-10,13,17-18,20-25H,11-12H2,1-2H3,(H,33,39)(H,37,38)/t17?,18?,20-,21?,22?,23?,24?,25?/m1/s1. The minimum Gasteiger partial charge on any atom is -0.489 e. The van der Waals surface area contributed by atoms with E-state index in [1.54, 1.807) is 25.6 Å². The lowest BCUT2D eigenvalue weighted by molar-refractivity contribution is -0.157. The minimum atomic E-state index is -1.18. The molecule has 11 heteroatoms. The van der Waals surface area contributed by atoms with Crippen molar-refractivity contribution in [3.05, 3.63) is 78.7 Å². The molecule has 4 aliphatic rings. The molecule has 2 saturated carbocycles. The van der Waals surface area contributed by atoms with E-state index in [9.17, 15) is 24.3 Å². The molecule has 2 aliphatic carbocycles. The minimum absolute atomic E-state index is 0.000942. The predicted octanol–water partition coefficient (Wildman–Crippen LogP) is 5.36. The zero-order valence-electron chi connectivity index (χ0n) is 22.9. The number of aromatic amines is 1. The van der Waals surface area contributed by atoms with Gasteiger partial charge in [-0.2, -0.15) is 0 Å². The Morgan fingerprint density at radius 1 is 1.10 bits per heavy atom. The summed E-state index contributed by atoms with van der Waals surface area (Å²) in [7, 11) is 0. The Balaban J connectivity index is 1.31. The maximum Gasteiger partial charge on any atom is 0.327 e. The summed E-state index contributed by atoms with van der Waals surface area (Å²) in [4.78, 5) is 57.5. The second kappa shape index (κ2) is 10.4. The summed E-state index contributed by atoms with van der Waals surface area (Å²) in [6.45, 7) is 3.84. The zero-order chi connectivity index (χ0) is 29.4. The van der Waals surface area contributed by atoms with Crippen molar-refractivity contribution in [1.82, 2.24) is 9.88 Å². The van der Waals surface area contributed by atoms with Gasteiger partial charge in [-0.05, 0) is 53.9 Å². The third-order valence-corrected chi connectivity index (χ3v) is 12.5. The molecule has 218 valence electrons. The van der Waals surface area contributed by atoms with Crippen LogP contribution in [0.2, 0.25) is 0 Å². The lowest BCUT2D eigenvalue weighted by atomic mass is 9.68. The van der Waals surface area contributed by atoms with E-state index in [1.165, 1.54) is 11.3 Å². The van der Waals surface area contributed by atoms with Crippen molar-refractivity contribution >= 4 is 56.8 Å². The van der Waals surface area contributed by atoms with Gasteiger partial charge >= 0.3 is 10.8 Å². The highest BCUT2D eigenvalue weighted by Gasteiger charge is 2.70. The number of carbonyl (C=O) groups excluding carboxylic acids is 2. The van der Waals surface area contributed by atoms with Crippen LogP contribution in [0.15, 0.2) is 62.8 Å². The molecule has 2 aliphatic heterocycles. The van der Waals surface area contributed by atoms with Gasteiger partial charge in [-0.15, -0.1) is 11.8 Å². The molecule has 2 amide bonds. The Morgan fingerprint density at radius 3 is 2.50 bits per heavy atom. The van der Waals surface area contributed by atoms with Crippen molar-refractivity contribution in [3.8, 4) is 5.75 Å². The normalized spacial score (nSPS) is 29.9. The summed E-state index contributed by atoms with van der Waals surface area (Å²) in [6.07, 6.45) is 0.728. The number of likely N-dealkylation sites (tertiary alicyclic amines) is 1. The molecule has 8 atom stereocenters. The van der Waals surface area contributed by atoms with E-state index in [1.807, 2.05) is 48.5 Å². The lowest BCUT2D eigenvalue weighted by Crippen LogP contribution is -2.49. The van der Waals surface area contributed by atoms with Crippen molar-refractivity contribution in [3.63, 3.8) is 0 Å². The van der Waals surface area contributed by atoms with Gasteiger partial charge in [0.15, 0.2) is 0 Å². The molecule has 3 heterocycles. The van der Waals surface area contributed by atoms with Crippen LogP contribution >= 0.6 is 39.0 Å². The van der Waals surface area contributed by atoms with Gasteiger partial charge in [0.25, 0.3) is 0 Å². The van der Waals surface area contributed by atoms with Gasteiger partial charge in [0.1, 0.15) is 18.4 Å². The molecule has 3 aromatic rings. The summed E-state index contributed by atoms with van der Waals surface area (Å²) in [6, 6.07) is 14.7. The second-order valence-electron chi connectivity index (χ2n) is 12.0. The molecule has 8 nitrogen and oxygen atoms in total. The Bertz CT molecular complexity index is 1650. The number of imide groups is 1. The van der Waals surface area contributed by atoms with Gasteiger partial charge < -0.3 is 14.8 Å². The largest absolute Gasteiger partial charge is 0.489 e. The highest BCUT2D eigenvalue weighted by Crippen LogP contribution is 2.69. The van der Waals surface area contributed by atoms with E-state index < -0.39 is 29.8 Å². The van der Waals surface area contributed by atoms with Crippen LogP contribution in [0.5, 0.6) is 5.75 Å². The Morgan fingerprint density at radius 2 is 1.81 bits per heavy atom. The number of carbonyl (C=O) groups is 3. The van der Waals surface area contributed by atoms with Crippen LogP contribution in [-0.4, -0.2) is 44.1 Å². The first kappa shape index (κ1) is 27.9. The fraction of sp³-hybridized carbons (Fsp3) is 0.419. The van der Waals surface area contributed by atoms with E-state index in [0.29, 0.717) is 12.4 Å². The maximum atomic E-state index is 13.9. The summed E-state index contributed by atoms with van der Waals surface area (Å²) in [5, 5.41) is 10.8. The van der Waals surface area contributed by atoms with E-state index in [0.717, 1.165) is 36.8 Å². The number of hydrogen-bond acceptors (Lipinski definition) is 7. The molecular formula is C31H29BrN2O6S2. The van der Waals surface area contributed by atoms with Crippen LogP contribution in [0.3, 0.4) is 0 Å². The number of amides is 2. The average molecular weight is 670 g/mol. The number of carboxylic acids is 1. The van der Waals surface area contributed by atoms with Gasteiger partial charge in [-0.25, -0.2) is 4.79 Å². The summed E-state index contributed by atoms with van der Waals surface area (Å²) in [5.74, 6) is -3.07. The predicted molar refractivity (Wildman–Crippen MR) is 162 cm³/mol. The number of aliphatic carboxylic acids is 1. The quantitative estimate of drug-likeness (QED) is 0.326. The van der Waals surface area contributed by atoms with Crippen LogP contribution in [-0.2, 0) is 21.0 Å². The maximum absolute atomic E-state index is 13.9. The number of thiazole rings is 1. The van der Waals surface area contributed by atoms with E-state index in [-0.39, 0.29) is 45.6 Å². The summed E-state index contributed by atoms with van der Waals surface area (Å²) in [5.41, 5.74) is 1.97. The van der Waals surface area contributed by atoms with E-state index in [4.69, 9.17) is 4.74 Å². The number of hydrogen-bond donors (Lipinski definition) is 2. The number of rotatable bonds is 7. The molecule has 7 rings (SSSR count). The molecule has 1 aromatic heterocycles. The van der Waals surface area contributed by atoms with Gasteiger partial charge in [-0.1, -0.05) is 71.4 Å². The first-order valence-corrected chi connectivity index (χ1v) is 16.6. The third kappa shape index (κ3) is 4.22. The molecule has 0 radical (unpaired) electrons. The van der Waals surface area contributed by atoms with Gasteiger partial charge in [0.2, 0.25) is 11.8 Å². The van der Waals surface area contributed by atoms with Crippen molar-refractivity contribution in [2.75, 3.05) is 0 Å². The van der Waals surface area contributed by atoms with E-state index >= 15 is 0 Å². The molecule has 1 saturated heterocycles. The Kier molecular flexibility index (Phi) is 6.90. The topological polar surface area (TPSA) is 117 Å². The zero-order valence-corrected chi connectivity index (χ0v) is 26.1. The van der Waals surface area contributed by atoms with Crippen LogP contribution < -0.4 is 9.61 Å². The number of nitrogens with one attached hydrogen (secondary N) is 1. The number of ether oxygens (including phenoxy) is 1. The molecule has 3 fully saturated rings. The number of thioether (sulfide) groups is 1. The highest BCUT2D eigenvalue weighted by atomic mass is 79.9. The van der Waals surface area contributed by atoms with Crippen LogP contribution in [0, 0.1) is 35.5 Å². The van der Waals surface area contributed by atoms with Crippen LogP contribution in [0.1, 0.15) is 42.2 Å². The number of carboxylic acid groups (broad SMARTS) is 1. The number of halogens is 1. The first-order chi connectivity index (χ1) is 20.2. The first-order valence-electron chi connectivity index (χ1n) is 14.1. The third-order valence-electron chi connectivity index (χ3n) is 9.46. The summed E-state index contributed by atoms with van der Waals surface area (Å²) >= 11 is 6.45. The van der Waals surface area contributed by atoms with Crippen LogP contribution in [0.4, 0.5) is 0 Å². The average Bonchev–Trinajstić information content (AvgIpc) is 3.68. The molecule has 2 aromatic carbocycles. The smallest absolute Gasteiger partial charge is 0.327 e. The Labute approximate surface area is 259 Å². The number of fused-ring (bicyclic) bond motifs is 9. The molecule has 0 spiro atoms. The van der Waals surface area contributed by atoms with E-state index in [2.05, 4.69) is 20.9 Å². The molecule has 7 unspecified atom stereocenters. The van der Waals surface area contributed by atoms with Gasteiger partial charge in [0.05, 0.1) is 16.9 Å². The lowest BCUT2D eigenvalue weighted by Gasteiger charge is -2.43. The SMILES string of the molecule is CC(C)C(C(=O)O)N1C(=O)C2C3CC(C2C1=O)C1C3Sc2[nH]c(=O)sc2[C@@H]1c1cc(Br)ccc1OCc1ccccc1. The molecule has 2 bridgehead atoms. The van der Waals surface area contributed by atoms with Crippen molar-refractivity contribution < 1.29 is 24.2 Å². The van der Waals surface area contributed by atoms with Crippen molar-refractivity contribution in [1.29, 1.82) is 0 Å². The van der Waals surface area contributed by atoms with Crippen molar-refractivity contribution in [2.45, 2.75) is 49.1 Å². The summed E-state index contributed by atoms with van der Waals surface area (Å²) < 4.78 is 7.28. The van der Waals surface area contributed by atoms with Gasteiger partial charge in [0, 0.05) is 26.1 Å². The fourth-order valence-electron chi connectivity index (χ4n) is 7.99.